The highest BCUT2D eigenvalue weighted by Crippen LogP contribution is 2.07. The van der Waals surface area contributed by atoms with Crippen molar-refractivity contribution in [3.05, 3.63) is 23.8 Å². The van der Waals surface area contributed by atoms with Gasteiger partial charge in [-0.15, -0.1) is 0 Å². The first-order valence-electron chi connectivity index (χ1n) is 5.29. The van der Waals surface area contributed by atoms with Gasteiger partial charge >= 0.3 is 5.97 Å². The van der Waals surface area contributed by atoms with E-state index in [-0.39, 0.29) is 5.69 Å². The van der Waals surface area contributed by atoms with Gasteiger partial charge in [0.2, 0.25) is 0 Å². The summed E-state index contributed by atoms with van der Waals surface area (Å²) in [6, 6.07) is 0.669. The van der Waals surface area contributed by atoms with Crippen molar-refractivity contribution < 1.29 is 14.7 Å². The van der Waals surface area contributed by atoms with E-state index in [0.29, 0.717) is 12.2 Å². The average molecular weight is 237 g/mol. The lowest BCUT2D eigenvalue weighted by Crippen LogP contribution is -2.43. The van der Waals surface area contributed by atoms with Gasteiger partial charge in [0.25, 0.3) is 5.91 Å². The van der Waals surface area contributed by atoms with Crippen LogP contribution in [0.15, 0.2) is 12.4 Å². The van der Waals surface area contributed by atoms with Gasteiger partial charge in [0.05, 0.1) is 0 Å². The van der Waals surface area contributed by atoms with E-state index < -0.39 is 17.9 Å². The molecule has 1 unspecified atom stereocenters. The van der Waals surface area contributed by atoms with Gasteiger partial charge < -0.3 is 10.0 Å². The highest BCUT2D eigenvalue weighted by molar-refractivity contribution is 5.94. The van der Waals surface area contributed by atoms with Crippen LogP contribution in [0.2, 0.25) is 0 Å². The summed E-state index contributed by atoms with van der Waals surface area (Å²) in [5.41, 5.74) is 0.884. The summed E-state index contributed by atoms with van der Waals surface area (Å²) in [4.78, 5) is 31.9. The molecule has 1 amide bonds. The van der Waals surface area contributed by atoms with Gasteiger partial charge in [0, 0.05) is 12.2 Å². The van der Waals surface area contributed by atoms with Crippen molar-refractivity contribution in [2.24, 2.45) is 0 Å². The van der Waals surface area contributed by atoms with Gasteiger partial charge in [-0.3, -0.25) is 4.79 Å². The molecule has 17 heavy (non-hydrogen) atoms. The summed E-state index contributed by atoms with van der Waals surface area (Å²) in [5, 5.41) is 8.91. The second kappa shape index (κ2) is 5.38. The quantitative estimate of drug-likeness (QED) is 0.834. The van der Waals surface area contributed by atoms with Gasteiger partial charge in [-0.25, -0.2) is 14.8 Å². The highest BCUT2D eigenvalue weighted by atomic mass is 16.4. The van der Waals surface area contributed by atoms with E-state index >= 15 is 0 Å². The summed E-state index contributed by atoms with van der Waals surface area (Å²) < 4.78 is 0. The third-order valence-corrected chi connectivity index (χ3v) is 2.45. The van der Waals surface area contributed by atoms with Gasteiger partial charge in [-0.05, 0) is 26.8 Å². The Labute approximate surface area is 99.3 Å². The van der Waals surface area contributed by atoms with E-state index in [1.165, 1.54) is 18.2 Å². The Morgan fingerprint density at radius 2 is 2.12 bits per heavy atom. The number of carboxylic acids is 1. The molecule has 6 nitrogen and oxygen atoms in total. The van der Waals surface area contributed by atoms with Crippen molar-refractivity contribution in [3.63, 3.8) is 0 Å². The molecule has 1 heterocycles. The van der Waals surface area contributed by atoms with Crippen LogP contribution in [0.25, 0.3) is 0 Å². The number of carboxylic acid groups (broad SMARTS) is 1. The normalized spacial score (nSPS) is 11.9. The molecule has 0 aliphatic heterocycles. The summed E-state index contributed by atoms with van der Waals surface area (Å²) in [5.74, 6) is -1.43. The first-order chi connectivity index (χ1) is 7.97. The van der Waals surface area contributed by atoms with Crippen LogP contribution in [0.4, 0.5) is 0 Å². The van der Waals surface area contributed by atoms with E-state index in [0.717, 1.165) is 0 Å². The molecule has 0 fully saturated rings. The number of carbonyl (C=O) groups excluding carboxylic acids is 1. The van der Waals surface area contributed by atoms with Crippen molar-refractivity contribution in [3.8, 4) is 0 Å². The van der Waals surface area contributed by atoms with E-state index in [1.54, 1.807) is 19.9 Å². The standard InChI is InChI=1S/C11H15N3O3/c1-4-14(8(3)11(16)17)10(15)9-5-7(2)12-6-13-9/h5-6,8H,4H2,1-3H3,(H,16,17). The molecule has 1 N–H and O–H groups in total. The maximum absolute atomic E-state index is 12.0. The maximum atomic E-state index is 12.0. The van der Waals surface area contributed by atoms with E-state index in [4.69, 9.17) is 5.11 Å². The molecule has 0 spiro atoms. The van der Waals surface area contributed by atoms with Crippen LogP contribution in [-0.4, -0.2) is 44.4 Å². The first kappa shape index (κ1) is 13.1. The third-order valence-electron chi connectivity index (χ3n) is 2.45. The maximum Gasteiger partial charge on any atom is 0.326 e. The zero-order chi connectivity index (χ0) is 13.0. The van der Waals surface area contributed by atoms with Crippen molar-refractivity contribution in [1.82, 2.24) is 14.9 Å². The minimum absolute atomic E-state index is 0.215. The molecule has 1 aromatic rings. The van der Waals surface area contributed by atoms with Crippen molar-refractivity contribution in [2.45, 2.75) is 26.8 Å². The lowest BCUT2D eigenvalue weighted by molar-refractivity contribution is -0.141. The number of carbonyl (C=O) groups is 2. The Hall–Kier alpha value is -1.98. The smallest absolute Gasteiger partial charge is 0.326 e. The Morgan fingerprint density at radius 1 is 1.47 bits per heavy atom. The summed E-state index contributed by atoms with van der Waals surface area (Å²) >= 11 is 0. The summed E-state index contributed by atoms with van der Waals surface area (Å²) in [6.07, 6.45) is 1.29. The molecule has 0 saturated carbocycles. The molecular weight excluding hydrogens is 222 g/mol. The van der Waals surface area contributed by atoms with E-state index in [2.05, 4.69) is 9.97 Å². The van der Waals surface area contributed by atoms with Gasteiger partial charge in [0.1, 0.15) is 18.1 Å². The molecule has 6 heteroatoms. The zero-order valence-electron chi connectivity index (χ0n) is 10.0. The van der Waals surface area contributed by atoms with Crippen LogP contribution in [0.3, 0.4) is 0 Å². The fraction of sp³-hybridized carbons (Fsp3) is 0.455. The number of rotatable bonds is 4. The highest BCUT2D eigenvalue weighted by Gasteiger charge is 2.25. The largest absolute Gasteiger partial charge is 0.480 e. The number of likely N-dealkylation sites (N-methyl/N-ethyl adjacent to an activating group) is 1. The van der Waals surface area contributed by atoms with Gasteiger partial charge in [0.15, 0.2) is 0 Å². The van der Waals surface area contributed by atoms with Crippen LogP contribution < -0.4 is 0 Å². The zero-order valence-corrected chi connectivity index (χ0v) is 10.0. The fourth-order valence-electron chi connectivity index (χ4n) is 1.45. The van der Waals surface area contributed by atoms with Crippen LogP contribution >= 0.6 is 0 Å². The lowest BCUT2D eigenvalue weighted by Gasteiger charge is -2.24. The molecule has 0 saturated heterocycles. The second-order valence-electron chi connectivity index (χ2n) is 3.65. The summed E-state index contributed by atoms with van der Waals surface area (Å²) in [6.45, 7) is 5.26. The first-order valence-corrected chi connectivity index (χ1v) is 5.29. The molecule has 0 bridgehead atoms. The predicted octanol–water partition coefficient (Wildman–Crippen LogP) is 0.720. The predicted molar refractivity (Wildman–Crippen MR) is 60.6 cm³/mol. The number of aliphatic carboxylic acids is 1. The third kappa shape index (κ3) is 2.99. The monoisotopic (exact) mass is 237 g/mol. The molecule has 0 aliphatic carbocycles. The van der Waals surface area contributed by atoms with Gasteiger partial charge in [-0.2, -0.15) is 0 Å². The molecule has 1 aromatic heterocycles. The van der Waals surface area contributed by atoms with Crippen LogP contribution in [0.5, 0.6) is 0 Å². The van der Waals surface area contributed by atoms with Crippen molar-refractivity contribution in [1.29, 1.82) is 0 Å². The molecule has 0 radical (unpaired) electrons. The minimum Gasteiger partial charge on any atom is -0.480 e. The Kier molecular flexibility index (Phi) is 4.14. The van der Waals surface area contributed by atoms with Gasteiger partial charge in [-0.1, -0.05) is 0 Å². The number of nitrogens with zero attached hydrogens (tertiary/aromatic N) is 3. The molecule has 0 aromatic carbocycles. The lowest BCUT2D eigenvalue weighted by atomic mass is 10.2. The van der Waals surface area contributed by atoms with E-state index in [9.17, 15) is 9.59 Å². The van der Waals surface area contributed by atoms with Crippen LogP contribution in [0, 0.1) is 6.92 Å². The van der Waals surface area contributed by atoms with Crippen LogP contribution in [-0.2, 0) is 4.79 Å². The van der Waals surface area contributed by atoms with E-state index in [1.807, 2.05) is 0 Å². The Morgan fingerprint density at radius 3 is 2.59 bits per heavy atom. The second-order valence-corrected chi connectivity index (χ2v) is 3.65. The Balaban J connectivity index is 2.98. The molecule has 0 aliphatic rings. The minimum atomic E-state index is -1.04. The number of aromatic nitrogens is 2. The van der Waals surface area contributed by atoms with Crippen LogP contribution in [0.1, 0.15) is 30.0 Å². The molecule has 1 atom stereocenters. The molecular formula is C11H15N3O3. The Bertz CT molecular complexity index is 434. The van der Waals surface area contributed by atoms with Crippen molar-refractivity contribution in [2.75, 3.05) is 6.54 Å². The number of hydrogen-bond donors (Lipinski definition) is 1. The molecule has 92 valence electrons. The van der Waals surface area contributed by atoms with Crippen molar-refractivity contribution >= 4 is 11.9 Å². The SMILES string of the molecule is CCN(C(=O)c1cc(C)ncn1)C(C)C(=O)O. The fourth-order valence-corrected chi connectivity index (χ4v) is 1.45. The number of amides is 1. The summed E-state index contributed by atoms with van der Waals surface area (Å²) in [7, 11) is 0. The molecule has 1 rings (SSSR count). The number of aryl methyl sites for hydroxylation is 1. The average Bonchev–Trinajstić information content (AvgIpc) is 2.29. The number of hydrogen-bond acceptors (Lipinski definition) is 4. The topological polar surface area (TPSA) is 83.4 Å².